The second-order valence-corrected chi connectivity index (χ2v) is 9.55. The van der Waals surface area contributed by atoms with Crippen molar-refractivity contribution in [2.75, 3.05) is 6.61 Å². The molecular formula is C23H30F2N4O2. The lowest BCUT2D eigenvalue weighted by Crippen LogP contribution is -2.39. The number of fused-ring (bicyclic) bond motifs is 1. The summed E-state index contributed by atoms with van der Waals surface area (Å²) in [6, 6.07) is 5.58. The molecule has 1 aromatic carbocycles. The van der Waals surface area contributed by atoms with Crippen molar-refractivity contribution in [2.24, 2.45) is 17.6 Å². The molecule has 2 aliphatic carbocycles. The largest absolute Gasteiger partial charge is 0.376 e. The number of alkyl halides is 2. The van der Waals surface area contributed by atoms with Gasteiger partial charge in [-0.1, -0.05) is 6.07 Å². The van der Waals surface area contributed by atoms with Crippen LogP contribution in [0, 0.1) is 11.8 Å². The van der Waals surface area contributed by atoms with Crippen LogP contribution in [-0.4, -0.2) is 34.5 Å². The molecule has 3 atom stereocenters. The number of nitrogens with two attached hydrogens (primary N) is 1. The van der Waals surface area contributed by atoms with E-state index in [0.717, 1.165) is 61.1 Å². The predicted molar refractivity (Wildman–Crippen MR) is 113 cm³/mol. The third-order valence-corrected chi connectivity index (χ3v) is 6.87. The van der Waals surface area contributed by atoms with E-state index in [9.17, 15) is 13.6 Å². The van der Waals surface area contributed by atoms with Crippen LogP contribution in [0.4, 0.5) is 8.78 Å². The van der Waals surface area contributed by atoms with Gasteiger partial charge in [-0.3, -0.25) is 4.79 Å². The number of nitrogens with one attached hydrogen (secondary N) is 2. The Hall–Kier alpha value is -2.06. The fraction of sp³-hybridized carbons (Fsp3) is 0.652. The van der Waals surface area contributed by atoms with E-state index in [2.05, 4.69) is 15.3 Å². The van der Waals surface area contributed by atoms with Crippen molar-refractivity contribution in [1.29, 1.82) is 0 Å². The van der Waals surface area contributed by atoms with Crippen molar-refractivity contribution < 1.29 is 18.3 Å². The number of carbonyl (C=O) groups is 1. The molecule has 31 heavy (non-hydrogen) atoms. The zero-order chi connectivity index (χ0) is 21.6. The molecule has 6 nitrogen and oxygen atoms in total. The van der Waals surface area contributed by atoms with Crippen molar-refractivity contribution in [3.63, 3.8) is 0 Å². The maximum absolute atomic E-state index is 13.1. The lowest BCUT2D eigenvalue weighted by atomic mass is 9.79. The van der Waals surface area contributed by atoms with Gasteiger partial charge in [-0.05, 0) is 61.6 Å². The number of aromatic nitrogens is 2. The van der Waals surface area contributed by atoms with E-state index in [4.69, 9.17) is 10.5 Å². The highest BCUT2D eigenvalue weighted by atomic mass is 19.3. The van der Waals surface area contributed by atoms with Crippen LogP contribution in [0.1, 0.15) is 74.8 Å². The number of amides is 1. The topological polar surface area (TPSA) is 93.0 Å². The lowest BCUT2D eigenvalue weighted by molar-refractivity contribution is -0.134. The van der Waals surface area contributed by atoms with E-state index in [1.165, 1.54) is 0 Å². The number of benzene rings is 1. The van der Waals surface area contributed by atoms with Gasteiger partial charge < -0.3 is 20.8 Å². The molecule has 4 N–H and O–H groups in total. The van der Waals surface area contributed by atoms with Gasteiger partial charge in [-0.15, -0.1) is 0 Å². The molecule has 2 aromatic rings. The van der Waals surface area contributed by atoms with Crippen LogP contribution < -0.4 is 11.1 Å². The molecular weight excluding hydrogens is 402 g/mol. The second-order valence-electron chi connectivity index (χ2n) is 9.55. The highest BCUT2D eigenvalue weighted by Crippen LogP contribution is 2.45. The third kappa shape index (κ3) is 4.60. The van der Waals surface area contributed by atoms with Crippen molar-refractivity contribution in [2.45, 2.75) is 75.5 Å². The first kappa shape index (κ1) is 20.8. The Morgan fingerprint density at radius 3 is 2.77 bits per heavy atom. The van der Waals surface area contributed by atoms with Crippen LogP contribution in [0.2, 0.25) is 0 Å². The smallest absolute Gasteiger partial charge is 0.248 e. The quantitative estimate of drug-likeness (QED) is 0.613. The van der Waals surface area contributed by atoms with E-state index in [1.54, 1.807) is 0 Å². The van der Waals surface area contributed by atoms with Crippen LogP contribution in [-0.2, 0) is 9.53 Å². The summed E-state index contributed by atoms with van der Waals surface area (Å²) in [6.45, 7) is 0.740. The zero-order valence-corrected chi connectivity index (χ0v) is 17.6. The van der Waals surface area contributed by atoms with E-state index in [1.807, 2.05) is 18.2 Å². The Labute approximate surface area is 180 Å². The molecule has 0 spiro atoms. The number of ether oxygens (including phenoxy) is 1. The highest BCUT2D eigenvalue weighted by Gasteiger charge is 2.46. The number of rotatable bonds is 7. The summed E-state index contributed by atoms with van der Waals surface area (Å²) >= 11 is 0. The third-order valence-electron chi connectivity index (χ3n) is 6.87. The number of nitrogens with zero attached hydrogens (tertiary/aromatic N) is 1. The molecule has 1 saturated heterocycles. The maximum atomic E-state index is 13.1. The van der Waals surface area contributed by atoms with Gasteiger partial charge in [-0.2, -0.15) is 0 Å². The Bertz CT molecular complexity index is 944. The molecule has 8 heteroatoms. The summed E-state index contributed by atoms with van der Waals surface area (Å²) in [4.78, 5) is 20.5. The maximum Gasteiger partial charge on any atom is 0.248 e. The fourth-order valence-electron chi connectivity index (χ4n) is 4.95. The number of imidazole rings is 1. The van der Waals surface area contributed by atoms with E-state index in [-0.39, 0.29) is 49.3 Å². The van der Waals surface area contributed by atoms with Crippen LogP contribution in [0.15, 0.2) is 18.2 Å². The number of hydrogen-bond acceptors (Lipinski definition) is 4. The number of hydrogen-bond donors (Lipinski definition) is 3. The van der Waals surface area contributed by atoms with Crippen LogP contribution in [0.25, 0.3) is 11.0 Å². The molecule has 0 unspecified atom stereocenters. The van der Waals surface area contributed by atoms with Crippen LogP contribution >= 0.6 is 0 Å². The van der Waals surface area contributed by atoms with Gasteiger partial charge in [0.05, 0.1) is 29.2 Å². The Balaban J connectivity index is 1.29. The van der Waals surface area contributed by atoms with Gasteiger partial charge in [0.2, 0.25) is 11.8 Å². The summed E-state index contributed by atoms with van der Waals surface area (Å²) in [7, 11) is 0. The monoisotopic (exact) mass is 432 g/mol. The van der Waals surface area contributed by atoms with Crippen molar-refractivity contribution >= 4 is 16.9 Å². The Morgan fingerprint density at radius 2 is 2.10 bits per heavy atom. The van der Waals surface area contributed by atoms with Crippen molar-refractivity contribution in [1.82, 2.24) is 15.3 Å². The van der Waals surface area contributed by atoms with Crippen LogP contribution in [0.3, 0.4) is 0 Å². The Morgan fingerprint density at radius 1 is 1.29 bits per heavy atom. The predicted octanol–water partition coefficient (Wildman–Crippen LogP) is 4.13. The highest BCUT2D eigenvalue weighted by molar-refractivity contribution is 5.78. The van der Waals surface area contributed by atoms with Crippen molar-refractivity contribution in [3.05, 3.63) is 29.6 Å². The number of aromatic amines is 1. The van der Waals surface area contributed by atoms with Crippen molar-refractivity contribution in [3.8, 4) is 0 Å². The van der Waals surface area contributed by atoms with Crippen LogP contribution in [0.5, 0.6) is 0 Å². The molecule has 1 aliphatic heterocycles. The van der Waals surface area contributed by atoms with Gasteiger partial charge in [0.25, 0.3) is 0 Å². The SMILES string of the molecule is N[C@H](c1nc2ccc([C@H](NC(=O)CC3CC(F)(F)C3)C3CC3)cc2[nH]1)[C@@H]1CCCCO1. The summed E-state index contributed by atoms with van der Waals surface area (Å²) < 4.78 is 32.0. The number of carbonyl (C=O) groups excluding carboxylic acids is 1. The van der Waals surface area contributed by atoms with Gasteiger partial charge in [0.1, 0.15) is 5.82 Å². The first-order valence-electron chi connectivity index (χ1n) is 11.4. The molecule has 2 saturated carbocycles. The van der Waals surface area contributed by atoms with Gasteiger partial charge in [0, 0.05) is 25.9 Å². The molecule has 0 bridgehead atoms. The second kappa shape index (κ2) is 8.13. The van der Waals surface area contributed by atoms with E-state index in [0.29, 0.717) is 5.92 Å². The average molecular weight is 433 g/mol. The molecule has 3 aliphatic rings. The van der Waals surface area contributed by atoms with E-state index >= 15 is 0 Å². The summed E-state index contributed by atoms with van der Waals surface area (Å²) in [6.07, 6.45) is 5.04. The number of halogens is 2. The van der Waals surface area contributed by atoms with E-state index < -0.39 is 5.92 Å². The standard InChI is InChI=1S/C23H30F2N4O2/c24-23(25)11-13(12-23)9-19(30)29-21(14-4-5-14)15-6-7-16-17(10-15)28-22(27-16)20(26)18-3-1-2-8-31-18/h6-7,10,13-14,18,20-21H,1-5,8-9,11-12,26H2,(H,27,28)(H,29,30)/t18-,20-,21+/m0/s1. The molecule has 1 aromatic heterocycles. The molecule has 0 radical (unpaired) electrons. The molecule has 2 heterocycles. The summed E-state index contributed by atoms with van der Waals surface area (Å²) in [5, 5.41) is 3.10. The Kier molecular flexibility index (Phi) is 5.46. The van der Waals surface area contributed by atoms with Gasteiger partial charge in [0.15, 0.2) is 0 Å². The van der Waals surface area contributed by atoms with Gasteiger partial charge >= 0.3 is 0 Å². The minimum atomic E-state index is -2.59. The minimum absolute atomic E-state index is 0.0221. The summed E-state index contributed by atoms with van der Waals surface area (Å²) in [5.41, 5.74) is 9.15. The summed E-state index contributed by atoms with van der Waals surface area (Å²) in [5.74, 6) is -1.83. The first-order valence-corrected chi connectivity index (χ1v) is 11.4. The average Bonchev–Trinajstić information content (AvgIpc) is 3.48. The molecule has 168 valence electrons. The zero-order valence-electron chi connectivity index (χ0n) is 17.6. The fourth-order valence-corrected chi connectivity index (χ4v) is 4.95. The minimum Gasteiger partial charge on any atom is -0.376 e. The molecule has 3 fully saturated rings. The molecule has 1 amide bonds. The first-order chi connectivity index (χ1) is 14.9. The van der Waals surface area contributed by atoms with Gasteiger partial charge in [-0.25, -0.2) is 13.8 Å². The normalized spacial score (nSPS) is 25.7. The lowest BCUT2D eigenvalue weighted by Gasteiger charge is -2.34. The number of H-pyrrole nitrogens is 1. The molecule has 5 rings (SSSR count).